The van der Waals surface area contributed by atoms with Crippen molar-refractivity contribution in [3.05, 3.63) is 176 Å². The van der Waals surface area contributed by atoms with E-state index in [4.69, 9.17) is 9.47 Å². The van der Waals surface area contributed by atoms with Gasteiger partial charge in [0.05, 0.1) is 0 Å². The van der Waals surface area contributed by atoms with Gasteiger partial charge in [0, 0.05) is 34.6 Å². The molecule has 0 atom stereocenters. The summed E-state index contributed by atoms with van der Waals surface area (Å²) in [6.07, 6.45) is 2.30. The molecule has 0 saturated carbocycles. The zero-order valence-electron chi connectivity index (χ0n) is 27.9. The third-order valence-corrected chi connectivity index (χ3v) is 9.22. The number of carbonyl (C=O) groups is 2. The van der Waals surface area contributed by atoms with Gasteiger partial charge >= 0.3 is 11.9 Å². The number of hydrogen-bond acceptors (Lipinski definition) is 5. The molecule has 6 aromatic carbocycles. The summed E-state index contributed by atoms with van der Waals surface area (Å²) in [6.45, 7) is 11.5. The predicted molar refractivity (Wildman–Crippen MR) is 201 cm³/mol. The van der Waals surface area contributed by atoms with Crippen molar-refractivity contribution in [2.45, 2.75) is 19.3 Å². The summed E-state index contributed by atoms with van der Waals surface area (Å²) in [5, 5.41) is 0. The third kappa shape index (κ3) is 6.13. The average Bonchev–Trinajstić information content (AvgIpc) is 3.38. The summed E-state index contributed by atoms with van der Waals surface area (Å²) >= 11 is 0. The number of carbonyl (C=O) groups excluding carboxylic acids is 2. The summed E-state index contributed by atoms with van der Waals surface area (Å²) in [5.41, 5.74) is 12.2. The minimum atomic E-state index is -0.488. The Kier molecular flexibility index (Phi) is 8.48. The zero-order valence-corrected chi connectivity index (χ0v) is 27.9. The molecule has 1 aliphatic carbocycles. The quantitative estimate of drug-likeness (QED) is 0.0883. The van der Waals surface area contributed by atoms with Gasteiger partial charge in [-0.05, 0) is 105 Å². The Morgan fingerprint density at radius 2 is 0.920 bits per heavy atom. The second-order valence-electron chi connectivity index (χ2n) is 12.6. The van der Waals surface area contributed by atoms with Crippen LogP contribution in [0.3, 0.4) is 0 Å². The first-order valence-electron chi connectivity index (χ1n) is 16.4. The summed E-state index contributed by atoms with van der Waals surface area (Å²) in [6, 6.07) is 47.3. The maximum Gasteiger partial charge on any atom is 0.335 e. The molecule has 50 heavy (non-hydrogen) atoms. The molecule has 0 saturated heterocycles. The minimum Gasteiger partial charge on any atom is -0.423 e. The zero-order chi connectivity index (χ0) is 34.8. The van der Waals surface area contributed by atoms with E-state index in [0.717, 1.165) is 51.5 Å². The fraction of sp³-hybridized carbons (Fsp3) is 0.0667. The Labute approximate surface area is 292 Å². The average molecular weight is 654 g/mol. The van der Waals surface area contributed by atoms with Crippen LogP contribution in [0.25, 0.3) is 33.4 Å². The Hall–Kier alpha value is -6.46. The van der Waals surface area contributed by atoms with Crippen molar-refractivity contribution >= 4 is 29.0 Å². The topological polar surface area (TPSA) is 55.8 Å². The van der Waals surface area contributed by atoms with Gasteiger partial charge in [-0.2, -0.15) is 0 Å². The first kappa shape index (κ1) is 32.1. The monoisotopic (exact) mass is 653 g/mol. The van der Waals surface area contributed by atoms with Gasteiger partial charge in [0.25, 0.3) is 0 Å². The molecule has 0 fully saturated rings. The molecular formula is C45H35NO4. The lowest BCUT2D eigenvalue weighted by molar-refractivity contribution is -0.129. The number of anilines is 3. The Balaban J connectivity index is 1.24. The lowest BCUT2D eigenvalue weighted by Gasteiger charge is -2.28. The van der Waals surface area contributed by atoms with Crippen molar-refractivity contribution in [1.82, 2.24) is 0 Å². The van der Waals surface area contributed by atoms with E-state index >= 15 is 0 Å². The molecule has 6 aromatic rings. The Morgan fingerprint density at radius 3 is 1.38 bits per heavy atom. The highest BCUT2D eigenvalue weighted by atomic mass is 16.5. The first-order valence-corrected chi connectivity index (χ1v) is 16.4. The number of nitrogens with zero attached hydrogens (tertiary/aromatic N) is 1. The van der Waals surface area contributed by atoms with Crippen LogP contribution in [0.5, 0.6) is 11.5 Å². The molecule has 0 amide bonds. The van der Waals surface area contributed by atoms with Crippen molar-refractivity contribution in [3.8, 4) is 44.9 Å². The summed E-state index contributed by atoms with van der Waals surface area (Å²) < 4.78 is 10.5. The van der Waals surface area contributed by atoms with Gasteiger partial charge in [-0.3, -0.25) is 0 Å². The summed E-state index contributed by atoms with van der Waals surface area (Å²) in [4.78, 5) is 25.5. The normalized spacial score (nSPS) is 12.3. The van der Waals surface area contributed by atoms with Crippen LogP contribution in [0.15, 0.2) is 165 Å². The maximum absolute atomic E-state index is 11.6. The third-order valence-electron chi connectivity index (χ3n) is 9.22. The van der Waals surface area contributed by atoms with Crippen LogP contribution in [0, 0.1) is 0 Å². The second-order valence-corrected chi connectivity index (χ2v) is 12.6. The molecule has 5 nitrogen and oxygen atoms in total. The van der Waals surface area contributed by atoms with Gasteiger partial charge in [0.2, 0.25) is 0 Å². The van der Waals surface area contributed by atoms with Gasteiger partial charge < -0.3 is 14.4 Å². The van der Waals surface area contributed by atoms with E-state index in [1.165, 1.54) is 22.3 Å². The van der Waals surface area contributed by atoms with Crippen LogP contribution in [0.4, 0.5) is 17.1 Å². The van der Waals surface area contributed by atoms with Crippen molar-refractivity contribution in [3.63, 3.8) is 0 Å². The number of esters is 2. The smallest absolute Gasteiger partial charge is 0.335 e. The molecule has 0 spiro atoms. The molecule has 0 bridgehead atoms. The molecule has 0 radical (unpaired) electrons. The first-order chi connectivity index (χ1) is 24.2. The minimum absolute atomic E-state index is 0.139. The number of hydrogen-bond donors (Lipinski definition) is 0. The van der Waals surface area contributed by atoms with E-state index in [-0.39, 0.29) is 5.41 Å². The molecule has 0 aliphatic heterocycles. The van der Waals surface area contributed by atoms with Gasteiger partial charge in [-0.25, -0.2) is 9.59 Å². The molecule has 0 N–H and O–H groups in total. The maximum atomic E-state index is 11.6. The molecule has 7 rings (SSSR count). The standard InChI is InChI=1S/C45H35NO4/c1-5-43(47)49-37-24-15-32(16-25-37)30-11-19-34(20-12-30)46(36-23-28-40-39-9-7-8-10-41(39)45(3,4)42(40)29-36)35-21-13-31(14-22-35)33-17-26-38(27-18-33)50-44(48)6-2/h5-29H,1-2H2,3-4H3. The van der Waals surface area contributed by atoms with Gasteiger partial charge in [-0.15, -0.1) is 0 Å². The SMILES string of the molecule is C=CC(=O)Oc1ccc(-c2ccc(N(c3ccc(-c4ccc(OC(=O)C=C)cc4)cc3)c3ccc4c(c3)C(C)(C)c3ccccc3-4)cc2)cc1. The van der Waals surface area contributed by atoms with Crippen molar-refractivity contribution < 1.29 is 19.1 Å². The second kappa shape index (κ2) is 13.2. The van der Waals surface area contributed by atoms with E-state index in [9.17, 15) is 9.59 Å². The fourth-order valence-corrected chi connectivity index (χ4v) is 6.63. The highest BCUT2D eigenvalue weighted by Crippen LogP contribution is 2.50. The number of fused-ring (bicyclic) bond motifs is 3. The summed E-state index contributed by atoms with van der Waals surface area (Å²) in [5.74, 6) is -0.0331. The highest BCUT2D eigenvalue weighted by Gasteiger charge is 2.35. The molecule has 5 heteroatoms. The van der Waals surface area contributed by atoms with Crippen LogP contribution in [-0.2, 0) is 15.0 Å². The van der Waals surface area contributed by atoms with E-state index in [0.29, 0.717) is 11.5 Å². The number of ether oxygens (including phenoxy) is 2. The van der Waals surface area contributed by atoms with Gasteiger partial charge in [0.15, 0.2) is 0 Å². The molecule has 0 heterocycles. The van der Waals surface area contributed by atoms with Gasteiger partial charge in [-0.1, -0.05) is 106 Å². The lowest BCUT2D eigenvalue weighted by atomic mass is 9.82. The number of rotatable bonds is 9. The predicted octanol–water partition coefficient (Wildman–Crippen LogP) is 11.0. The van der Waals surface area contributed by atoms with E-state index in [2.05, 4.69) is 123 Å². The van der Waals surface area contributed by atoms with Crippen LogP contribution >= 0.6 is 0 Å². The Morgan fingerprint density at radius 1 is 0.520 bits per heavy atom. The van der Waals surface area contributed by atoms with E-state index in [1.54, 1.807) is 24.3 Å². The summed E-state index contributed by atoms with van der Waals surface area (Å²) in [7, 11) is 0. The van der Waals surface area contributed by atoms with Crippen LogP contribution in [-0.4, -0.2) is 11.9 Å². The van der Waals surface area contributed by atoms with Crippen LogP contribution < -0.4 is 14.4 Å². The lowest BCUT2D eigenvalue weighted by Crippen LogP contribution is -2.16. The van der Waals surface area contributed by atoms with E-state index in [1.807, 2.05) is 24.3 Å². The van der Waals surface area contributed by atoms with E-state index < -0.39 is 11.9 Å². The van der Waals surface area contributed by atoms with Crippen LogP contribution in [0.2, 0.25) is 0 Å². The highest BCUT2D eigenvalue weighted by molar-refractivity contribution is 5.87. The number of benzene rings is 6. The van der Waals surface area contributed by atoms with Crippen molar-refractivity contribution in [2.75, 3.05) is 4.90 Å². The molecule has 244 valence electrons. The van der Waals surface area contributed by atoms with Gasteiger partial charge in [0.1, 0.15) is 11.5 Å². The molecule has 0 aromatic heterocycles. The largest absolute Gasteiger partial charge is 0.423 e. The fourth-order valence-electron chi connectivity index (χ4n) is 6.63. The Bertz CT molecular complexity index is 2120. The van der Waals surface area contributed by atoms with Crippen LogP contribution in [0.1, 0.15) is 25.0 Å². The molecule has 0 unspecified atom stereocenters. The van der Waals surface area contributed by atoms with Crippen molar-refractivity contribution in [1.29, 1.82) is 0 Å². The molecule has 1 aliphatic rings. The van der Waals surface area contributed by atoms with Crippen molar-refractivity contribution in [2.24, 2.45) is 0 Å². The molecular weight excluding hydrogens is 618 g/mol.